The van der Waals surface area contributed by atoms with Gasteiger partial charge in [0.15, 0.2) is 0 Å². The number of hydrogen-bond donors (Lipinski definition) is 1. The third-order valence-electron chi connectivity index (χ3n) is 2.89. The van der Waals surface area contributed by atoms with E-state index in [4.69, 9.17) is 16.7 Å². The molecule has 0 spiro atoms. The molecular formula is C15H12ClNO3. The van der Waals surface area contributed by atoms with E-state index in [9.17, 15) is 9.59 Å². The van der Waals surface area contributed by atoms with Gasteiger partial charge in [0.2, 0.25) is 0 Å². The molecule has 102 valence electrons. The summed E-state index contributed by atoms with van der Waals surface area (Å²) in [5.41, 5.74) is 0.870. The van der Waals surface area contributed by atoms with E-state index in [1.807, 2.05) is 0 Å². The fourth-order valence-electron chi connectivity index (χ4n) is 1.84. The maximum Gasteiger partial charge on any atom is 0.337 e. The third kappa shape index (κ3) is 2.81. The summed E-state index contributed by atoms with van der Waals surface area (Å²) in [4.78, 5) is 24.8. The van der Waals surface area contributed by atoms with E-state index in [0.29, 0.717) is 16.3 Å². The summed E-state index contributed by atoms with van der Waals surface area (Å²) in [6.07, 6.45) is 0. The van der Waals surface area contributed by atoms with Gasteiger partial charge in [0, 0.05) is 17.6 Å². The van der Waals surface area contributed by atoms with Crippen molar-refractivity contribution in [2.75, 3.05) is 11.9 Å². The topological polar surface area (TPSA) is 57.6 Å². The summed E-state index contributed by atoms with van der Waals surface area (Å²) in [5.74, 6) is -1.37. The Hall–Kier alpha value is -2.33. The van der Waals surface area contributed by atoms with Crippen LogP contribution in [-0.2, 0) is 0 Å². The van der Waals surface area contributed by atoms with Gasteiger partial charge in [-0.15, -0.1) is 0 Å². The minimum atomic E-state index is -1.07. The standard InChI is InChI=1S/C15H12ClNO3/c1-17(13-5-3-2-4-12(13)15(19)20)14(18)10-6-8-11(16)9-7-10/h2-9H,1H3,(H,19,20). The summed E-state index contributed by atoms with van der Waals surface area (Å²) in [6.45, 7) is 0. The molecule has 0 radical (unpaired) electrons. The van der Waals surface area contributed by atoms with Gasteiger partial charge in [-0.2, -0.15) is 0 Å². The molecule has 2 rings (SSSR count). The van der Waals surface area contributed by atoms with Gasteiger partial charge in [-0.25, -0.2) is 4.79 Å². The van der Waals surface area contributed by atoms with Crippen LogP contribution in [0.1, 0.15) is 20.7 Å². The molecule has 0 heterocycles. The Kier molecular flexibility index (Phi) is 4.05. The number of para-hydroxylation sites is 1. The first-order valence-electron chi connectivity index (χ1n) is 5.86. The maximum atomic E-state index is 12.3. The first-order chi connectivity index (χ1) is 9.50. The van der Waals surface area contributed by atoms with E-state index in [0.717, 1.165) is 0 Å². The van der Waals surface area contributed by atoms with Crippen LogP contribution in [-0.4, -0.2) is 24.0 Å². The Balaban J connectivity index is 2.36. The highest BCUT2D eigenvalue weighted by Gasteiger charge is 2.18. The number of benzene rings is 2. The highest BCUT2D eigenvalue weighted by molar-refractivity contribution is 6.30. The fraction of sp³-hybridized carbons (Fsp3) is 0.0667. The van der Waals surface area contributed by atoms with E-state index < -0.39 is 5.97 Å². The molecule has 1 amide bonds. The van der Waals surface area contributed by atoms with Crippen LogP contribution in [0.3, 0.4) is 0 Å². The van der Waals surface area contributed by atoms with E-state index in [1.54, 1.807) is 49.5 Å². The molecule has 0 aliphatic rings. The second kappa shape index (κ2) is 5.75. The van der Waals surface area contributed by atoms with Crippen LogP contribution in [0.15, 0.2) is 48.5 Å². The number of hydrogen-bond acceptors (Lipinski definition) is 2. The highest BCUT2D eigenvalue weighted by atomic mass is 35.5. The van der Waals surface area contributed by atoms with E-state index >= 15 is 0 Å². The Bertz CT molecular complexity index is 652. The van der Waals surface area contributed by atoms with Gasteiger partial charge in [-0.1, -0.05) is 23.7 Å². The molecule has 0 saturated carbocycles. The van der Waals surface area contributed by atoms with Gasteiger partial charge in [-0.3, -0.25) is 4.79 Å². The first kappa shape index (κ1) is 14.1. The summed E-state index contributed by atoms with van der Waals surface area (Å²) in [7, 11) is 1.54. The minimum Gasteiger partial charge on any atom is -0.478 e. The summed E-state index contributed by atoms with van der Waals surface area (Å²) in [5, 5.41) is 9.69. The second-order valence-corrected chi connectivity index (χ2v) is 4.63. The molecule has 4 nitrogen and oxygen atoms in total. The lowest BCUT2D eigenvalue weighted by Gasteiger charge is -2.19. The van der Waals surface area contributed by atoms with Crippen molar-refractivity contribution < 1.29 is 14.7 Å². The second-order valence-electron chi connectivity index (χ2n) is 4.19. The monoisotopic (exact) mass is 289 g/mol. The van der Waals surface area contributed by atoms with Gasteiger partial charge < -0.3 is 10.0 Å². The quantitative estimate of drug-likeness (QED) is 0.943. The van der Waals surface area contributed by atoms with Crippen LogP contribution in [0.25, 0.3) is 0 Å². The van der Waals surface area contributed by atoms with Gasteiger partial charge in [0.1, 0.15) is 0 Å². The lowest BCUT2D eigenvalue weighted by molar-refractivity contribution is 0.0697. The molecule has 0 bridgehead atoms. The van der Waals surface area contributed by atoms with Crippen molar-refractivity contribution in [2.24, 2.45) is 0 Å². The van der Waals surface area contributed by atoms with Gasteiger partial charge in [-0.05, 0) is 36.4 Å². The molecule has 0 aromatic heterocycles. The minimum absolute atomic E-state index is 0.0808. The fourth-order valence-corrected chi connectivity index (χ4v) is 1.97. The summed E-state index contributed by atoms with van der Waals surface area (Å²) < 4.78 is 0. The number of amides is 1. The van der Waals surface area contributed by atoms with Crippen LogP contribution < -0.4 is 4.90 Å². The third-order valence-corrected chi connectivity index (χ3v) is 3.14. The van der Waals surface area contributed by atoms with Crippen LogP contribution in [0.4, 0.5) is 5.69 Å². The zero-order valence-corrected chi connectivity index (χ0v) is 11.5. The Morgan fingerprint density at radius 1 is 1.05 bits per heavy atom. The number of carbonyl (C=O) groups excluding carboxylic acids is 1. The Morgan fingerprint density at radius 3 is 2.25 bits per heavy atom. The average molecular weight is 290 g/mol. The number of anilines is 1. The molecule has 1 N–H and O–H groups in total. The van der Waals surface area contributed by atoms with Crippen molar-refractivity contribution in [3.05, 3.63) is 64.7 Å². The van der Waals surface area contributed by atoms with Gasteiger partial charge in [0.05, 0.1) is 11.3 Å². The van der Waals surface area contributed by atoms with Crippen LogP contribution in [0, 0.1) is 0 Å². The summed E-state index contributed by atoms with van der Waals surface area (Å²) in [6, 6.07) is 12.8. The molecular weight excluding hydrogens is 278 g/mol. The number of halogens is 1. The van der Waals surface area contributed by atoms with E-state index in [2.05, 4.69) is 0 Å². The number of carboxylic acids is 1. The van der Waals surface area contributed by atoms with Crippen LogP contribution in [0.2, 0.25) is 5.02 Å². The number of carbonyl (C=O) groups is 2. The average Bonchev–Trinajstić information content (AvgIpc) is 2.46. The van der Waals surface area contributed by atoms with Crippen molar-refractivity contribution in [1.82, 2.24) is 0 Å². The molecule has 20 heavy (non-hydrogen) atoms. The Labute approximate surface area is 121 Å². The smallest absolute Gasteiger partial charge is 0.337 e. The molecule has 0 fully saturated rings. The molecule has 0 aliphatic carbocycles. The first-order valence-corrected chi connectivity index (χ1v) is 6.24. The SMILES string of the molecule is CN(C(=O)c1ccc(Cl)cc1)c1ccccc1C(=O)O. The van der Waals surface area contributed by atoms with Crippen LogP contribution >= 0.6 is 11.6 Å². The number of aromatic carboxylic acids is 1. The van der Waals surface area contributed by atoms with Gasteiger partial charge in [0.25, 0.3) is 5.91 Å². The van der Waals surface area contributed by atoms with Crippen LogP contribution in [0.5, 0.6) is 0 Å². The number of nitrogens with zero attached hydrogens (tertiary/aromatic N) is 1. The Morgan fingerprint density at radius 2 is 1.65 bits per heavy atom. The zero-order valence-electron chi connectivity index (χ0n) is 10.7. The zero-order chi connectivity index (χ0) is 14.7. The van der Waals surface area contributed by atoms with E-state index in [-0.39, 0.29) is 11.5 Å². The van der Waals surface area contributed by atoms with Crippen molar-refractivity contribution in [1.29, 1.82) is 0 Å². The van der Waals surface area contributed by atoms with Crippen molar-refractivity contribution in [3.63, 3.8) is 0 Å². The van der Waals surface area contributed by atoms with E-state index in [1.165, 1.54) is 11.0 Å². The normalized spacial score (nSPS) is 10.1. The predicted molar refractivity (Wildman–Crippen MR) is 77.6 cm³/mol. The van der Waals surface area contributed by atoms with Crippen molar-refractivity contribution in [2.45, 2.75) is 0 Å². The van der Waals surface area contributed by atoms with Crippen molar-refractivity contribution in [3.8, 4) is 0 Å². The number of rotatable bonds is 3. The van der Waals surface area contributed by atoms with Crippen molar-refractivity contribution >= 4 is 29.2 Å². The number of carboxylic acid groups (broad SMARTS) is 1. The van der Waals surface area contributed by atoms with Gasteiger partial charge >= 0.3 is 5.97 Å². The molecule has 2 aromatic carbocycles. The molecule has 0 unspecified atom stereocenters. The lowest BCUT2D eigenvalue weighted by atomic mass is 10.1. The molecule has 0 aliphatic heterocycles. The highest BCUT2D eigenvalue weighted by Crippen LogP contribution is 2.21. The summed E-state index contributed by atoms with van der Waals surface area (Å²) >= 11 is 5.78. The lowest BCUT2D eigenvalue weighted by Crippen LogP contribution is -2.27. The predicted octanol–water partition coefficient (Wildman–Crippen LogP) is 3.31. The molecule has 2 aromatic rings. The molecule has 0 atom stereocenters. The largest absolute Gasteiger partial charge is 0.478 e. The molecule has 5 heteroatoms. The molecule has 0 saturated heterocycles. The maximum absolute atomic E-state index is 12.3.